The maximum Gasteiger partial charge on any atom is 0.490 e. The van der Waals surface area contributed by atoms with Crippen LogP contribution in [0.4, 0.5) is 13.2 Å². The SMILES string of the molecule is CN1C(=O)C2(N=C1N)c1cc(-c3cncc(Cl)c3)ccc1C[C@H]1CCOC[C@@H]12.O=C(O)C(F)(F)F. The molecule has 1 fully saturated rings. The first-order valence-electron chi connectivity index (χ1n) is 10.7. The van der Waals surface area contributed by atoms with Gasteiger partial charge < -0.3 is 15.6 Å². The van der Waals surface area contributed by atoms with Gasteiger partial charge in [0.25, 0.3) is 5.91 Å². The highest BCUT2D eigenvalue weighted by atomic mass is 35.5. The molecule has 186 valence electrons. The summed E-state index contributed by atoms with van der Waals surface area (Å²) in [4.78, 5) is 32.8. The van der Waals surface area contributed by atoms with Crippen molar-refractivity contribution < 1.29 is 32.6 Å². The molecule has 1 amide bonds. The minimum Gasteiger partial charge on any atom is -0.475 e. The van der Waals surface area contributed by atoms with Gasteiger partial charge in [-0.25, -0.2) is 9.79 Å². The third-order valence-corrected chi connectivity index (χ3v) is 6.79. The molecule has 1 aromatic carbocycles. The van der Waals surface area contributed by atoms with Crippen LogP contribution in [0, 0.1) is 11.8 Å². The number of fused-ring (bicyclic) bond motifs is 4. The Balaban J connectivity index is 0.000000364. The lowest BCUT2D eigenvalue weighted by molar-refractivity contribution is -0.192. The second-order valence-electron chi connectivity index (χ2n) is 8.60. The van der Waals surface area contributed by atoms with Crippen molar-refractivity contribution in [1.29, 1.82) is 0 Å². The van der Waals surface area contributed by atoms with Crippen LogP contribution in [0.5, 0.6) is 0 Å². The highest BCUT2D eigenvalue weighted by molar-refractivity contribution is 6.30. The third kappa shape index (κ3) is 4.45. The van der Waals surface area contributed by atoms with E-state index < -0.39 is 17.7 Å². The Morgan fingerprint density at radius 2 is 2.00 bits per heavy atom. The highest BCUT2D eigenvalue weighted by Crippen LogP contribution is 2.51. The first-order chi connectivity index (χ1) is 16.4. The number of nitrogens with two attached hydrogens (primary N) is 1. The summed E-state index contributed by atoms with van der Waals surface area (Å²) in [6.07, 6.45) is 0.148. The number of hydrogen-bond donors (Lipinski definition) is 2. The van der Waals surface area contributed by atoms with Crippen LogP contribution >= 0.6 is 11.6 Å². The average molecular weight is 511 g/mol. The normalized spacial score (nSPS) is 25.3. The molecule has 3 aliphatic rings. The molecule has 1 saturated heterocycles. The molecule has 1 aliphatic carbocycles. The number of aromatic nitrogens is 1. The third-order valence-electron chi connectivity index (χ3n) is 6.58. The van der Waals surface area contributed by atoms with Crippen LogP contribution in [0.3, 0.4) is 0 Å². The number of carbonyl (C=O) groups is 2. The van der Waals surface area contributed by atoms with Gasteiger partial charge in [-0.1, -0.05) is 23.7 Å². The fraction of sp³-hybridized carbons (Fsp3) is 0.391. The second-order valence-corrected chi connectivity index (χ2v) is 9.04. The topological polar surface area (TPSA) is 118 Å². The molecule has 2 aromatic rings. The quantitative estimate of drug-likeness (QED) is 0.608. The van der Waals surface area contributed by atoms with E-state index >= 15 is 0 Å². The van der Waals surface area contributed by atoms with Crippen molar-refractivity contribution in [2.75, 3.05) is 20.3 Å². The predicted octanol–water partition coefficient (Wildman–Crippen LogP) is 3.23. The zero-order valence-electron chi connectivity index (χ0n) is 18.6. The lowest BCUT2D eigenvalue weighted by Crippen LogP contribution is -2.53. The van der Waals surface area contributed by atoms with E-state index in [2.05, 4.69) is 23.2 Å². The van der Waals surface area contributed by atoms with Crippen LogP contribution in [0.15, 0.2) is 41.7 Å². The van der Waals surface area contributed by atoms with E-state index in [1.807, 2.05) is 6.07 Å². The lowest BCUT2D eigenvalue weighted by Gasteiger charge is -2.46. The molecule has 35 heavy (non-hydrogen) atoms. The minimum atomic E-state index is -5.08. The molecule has 5 rings (SSSR count). The van der Waals surface area contributed by atoms with Crippen molar-refractivity contribution in [3.05, 3.63) is 52.8 Å². The molecule has 3 atom stereocenters. The Bertz CT molecular complexity index is 1210. The summed E-state index contributed by atoms with van der Waals surface area (Å²) < 4.78 is 37.5. The predicted molar refractivity (Wildman–Crippen MR) is 121 cm³/mol. The Kier molecular flexibility index (Phi) is 6.50. The number of amides is 1. The number of aliphatic imine (C=N–C) groups is 1. The number of carboxylic acid groups (broad SMARTS) is 1. The molecule has 0 bridgehead atoms. The van der Waals surface area contributed by atoms with Gasteiger partial charge in [-0.3, -0.25) is 14.7 Å². The van der Waals surface area contributed by atoms with Crippen molar-refractivity contribution in [2.45, 2.75) is 24.6 Å². The van der Waals surface area contributed by atoms with Crippen LogP contribution in [0.2, 0.25) is 5.02 Å². The van der Waals surface area contributed by atoms with Crippen molar-refractivity contribution >= 4 is 29.4 Å². The minimum absolute atomic E-state index is 0.0162. The Morgan fingerprint density at radius 1 is 1.29 bits per heavy atom. The fourth-order valence-electron chi connectivity index (χ4n) is 4.91. The summed E-state index contributed by atoms with van der Waals surface area (Å²) in [6.45, 7) is 1.24. The van der Waals surface area contributed by atoms with E-state index in [9.17, 15) is 18.0 Å². The van der Waals surface area contributed by atoms with Gasteiger partial charge in [0, 0.05) is 37.5 Å². The molecule has 1 unspecified atom stereocenters. The van der Waals surface area contributed by atoms with Gasteiger partial charge in [0.05, 0.1) is 11.6 Å². The van der Waals surface area contributed by atoms with Gasteiger partial charge in [0.1, 0.15) is 0 Å². The van der Waals surface area contributed by atoms with Crippen molar-refractivity contribution in [2.24, 2.45) is 22.6 Å². The number of rotatable bonds is 1. The number of carbonyl (C=O) groups excluding carboxylic acids is 1. The van der Waals surface area contributed by atoms with Crippen LogP contribution in [-0.4, -0.2) is 59.3 Å². The van der Waals surface area contributed by atoms with E-state index in [-0.39, 0.29) is 17.8 Å². The van der Waals surface area contributed by atoms with Gasteiger partial charge in [-0.2, -0.15) is 13.2 Å². The molecule has 12 heteroatoms. The van der Waals surface area contributed by atoms with E-state index in [1.54, 1.807) is 19.4 Å². The number of likely N-dealkylation sites (N-methyl/N-ethyl adjacent to an activating group) is 1. The summed E-state index contributed by atoms with van der Waals surface area (Å²) in [6, 6.07) is 8.10. The number of halogens is 4. The number of benzene rings is 1. The number of hydrogen-bond acceptors (Lipinski definition) is 6. The van der Waals surface area contributed by atoms with Crippen LogP contribution in [0.1, 0.15) is 17.5 Å². The lowest BCUT2D eigenvalue weighted by atomic mass is 9.62. The second kappa shape index (κ2) is 9.12. The summed E-state index contributed by atoms with van der Waals surface area (Å²) in [7, 11) is 1.69. The molecule has 2 aliphatic heterocycles. The van der Waals surface area contributed by atoms with Gasteiger partial charge in [-0.15, -0.1) is 0 Å². The molecule has 0 saturated carbocycles. The number of alkyl halides is 3. The Labute approximate surface area is 203 Å². The van der Waals surface area contributed by atoms with Crippen LogP contribution in [0.25, 0.3) is 11.1 Å². The molecule has 8 nitrogen and oxygen atoms in total. The number of aliphatic carboxylic acids is 1. The molecule has 3 N–H and O–H groups in total. The Hall–Kier alpha value is -3.18. The zero-order valence-corrected chi connectivity index (χ0v) is 19.3. The molecule has 1 aromatic heterocycles. The fourth-order valence-corrected chi connectivity index (χ4v) is 5.08. The molecule has 0 radical (unpaired) electrons. The standard InChI is InChI=1S/C21H21ClN4O2.C2HF3O2/c1-26-19(27)21(25-20(26)23)17-8-12(15-7-16(22)10-24-9-15)2-3-13(17)6-14-4-5-28-11-18(14)21;3-2(4,5)1(6)7/h2-3,7-10,14,18H,4-6,11H2,1H3,(H2,23,25);(H,6,7)/t14-,18+,21?;/m1./s1. The van der Waals surface area contributed by atoms with E-state index in [1.165, 1.54) is 4.90 Å². The van der Waals surface area contributed by atoms with E-state index in [0.717, 1.165) is 41.7 Å². The highest BCUT2D eigenvalue weighted by Gasteiger charge is 2.59. The van der Waals surface area contributed by atoms with E-state index in [0.29, 0.717) is 17.5 Å². The summed E-state index contributed by atoms with van der Waals surface area (Å²) in [5, 5.41) is 7.70. The number of carboxylic acids is 1. The van der Waals surface area contributed by atoms with E-state index in [4.69, 9.17) is 37.0 Å². The molecular formula is C23H22ClF3N4O4. The van der Waals surface area contributed by atoms with Gasteiger partial charge in [-0.05, 0) is 47.6 Å². The van der Waals surface area contributed by atoms with Crippen molar-refractivity contribution in [3.63, 3.8) is 0 Å². The van der Waals surface area contributed by atoms with Gasteiger partial charge >= 0.3 is 12.1 Å². The largest absolute Gasteiger partial charge is 0.490 e. The van der Waals surface area contributed by atoms with Crippen LogP contribution < -0.4 is 5.73 Å². The first-order valence-corrected chi connectivity index (χ1v) is 11.1. The molecule has 3 heterocycles. The maximum atomic E-state index is 13.5. The number of pyridine rings is 1. The van der Waals surface area contributed by atoms with Crippen molar-refractivity contribution in [3.8, 4) is 11.1 Å². The average Bonchev–Trinajstić information content (AvgIpc) is 3.03. The van der Waals surface area contributed by atoms with Gasteiger partial charge in [0.15, 0.2) is 11.5 Å². The first kappa shape index (κ1) is 24.9. The maximum absolute atomic E-state index is 13.5. The number of ether oxygens (including phenoxy) is 1. The number of guanidine groups is 1. The van der Waals surface area contributed by atoms with Crippen molar-refractivity contribution in [1.82, 2.24) is 9.88 Å². The van der Waals surface area contributed by atoms with Crippen LogP contribution in [-0.2, 0) is 26.3 Å². The monoisotopic (exact) mass is 510 g/mol. The van der Waals surface area contributed by atoms with Gasteiger partial charge in [0.2, 0.25) is 0 Å². The summed E-state index contributed by atoms with van der Waals surface area (Å²) >= 11 is 6.13. The zero-order chi connectivity index (χ0) is 25.5. The summed E-state index contributed by atoms with van der Waals surface area (Å²) in [5.41, 5.74) is 9.04. The number of nitrogens with zero attached hydrogens (tertiary/aromatic N) is 3. The molecular weight excluding hydrogens is 489 g/mol. The Morgan fingerprint density at radius 3 is 2.60 bits per heavy atom. The molecule has 1 spiro atoms. The smallest absolute Gasteiger partial charge is 0.475 e. The summed E-state index contributed by atoms with van der Waals surface area (Å²) in [5.74, 6) is -2.23.